The summed E-state index contributed by atoms with van der Waals surface area (Å²) in [6, 6.07) is 72.0. The normalized spacial score (nSPS) is 20.7. The number of fused-ring (bicyclic) bond motifs is 3. The topological polar surface area (TPSA) is 62.5 Å². The quantitative estimate of drug-likeness (QED) is 0.160. The molecule has 65 heavy (non-hydrogen) atoms. The lowest BCUT2D eigenvalue weighted by molar-refractivity contribution is 0.221. The molecule has 0 saturated heterocycles. The molecule has 1 heterocycles. The maximum absolute atomic E-state index is 9.47. The van der Waals surface area contributed by atoms with Crippen molar-refractivity contribution in [3.8, 4) is 62.5 Å². The summed E-state index contributed by atoms with van der Waals surface area (Å²) in [5, 5.41) is 17.1. The molecular weight excluding hydrogens is 789 g/mol. The van der Waals surface area contributed by atoms with Crippen LogP contribution in [0.3, 0.4) is 0 Å². The number of nitrogens with zero attached hydrogens (tertiary/aromatic N) is 4. The summed E-state index contributed by atoms with van der Waals surface area (Å²) < 4.78 is 0. The second kappa shape index (κ2) is 14.7. The smallest absolute Gasteiger partial charge is 0.164 e. The van der Waals surface area contributed by atoms with E-state index in [1.807, 2.05) is 48.5 Å². The van der Waals surface area contributed by atoms with Gasteiger partial charge in [0.05, 0.1) is 11.6 Å². The molecule has 4 saturated carbocycles. The molecule has 0 N–H and O–H groups in total. The summed E-state index contributed by atoms with van der Waals surface area (Å²) in [6.07, 6.45) is 6.27. The van der Waals surface area contributed by atoms with E-state index >= 15 is 0 Å². The third-order valence-electron chi connectivity index (χ3n) is 15.5. The predicted molar refractivity (Wildman–Crippen MR) is 264 cm³/mol. The highest BCUT2D eigenvalue weighted by Gasteiger charge is 2.65. The number of hydrogen-bond acceptors (Lipinski definition) is 4. The van der Waals surface area contributed by atoms with Crippen LogP contribution in [0.2, 0.25) is 0 Å². The van der Waals surface area contributed by atoms with E-state index in [1.54, 1.807) is 0 Å². The van der Waals surface area contributed by atoms with E-state index in [9.17, 15) is 5.26 Å². The molecule has 4 fully saturated rings. The first kappa shape index (κ1) is 37.8. The van der Waals surface area contributed by atoms with Crippen molar-refractivity contribution in [2.45, 2.75) is 42.9 Å². The van der Waals surface area contributed by atoms with Gasteiger partial charge in [-0.2, -0.15) is 5.26 Å². The van der Waals surface area contributed by atoms with Crippen LogP contribution in [0.1, 0.15) is 48.8 Å². The monoisotopic (exact) mass is 832 g/mol. The minimum atomic E-state index is 0.119. The van der Waals surface area contributed by atoms with Gasteiger partial charge in [-0.3, -0.25) is 0 Å². The molecule has 4 aliphatic rings. The van der Waals surface area contributed by atoms with E-state index in [4.69, 9.17) is 15.0 Å². The Morgan fingerprint density at radius 1 is 0.400 bits per heavy atom. The summed E-state index contributed by atoms with van der Waals surface area (Å²) in [4.78, 5) is 15.2. The Balaban J connectivity index is 0.915. The highest BCUT2D eigenvalue weighted by molar-refractivity contribution is 6.10. The zero-order chi connectivity index (χ0) is 43.1. The molecule has 0 radical (unpaired) electrons. The Kier molecular flexibility index (Phi) is 8.52. The maximum Gasteiger partial charge on any atom is 0.164 e. The van der Waals surface area contributed by atoms with Crippen molar-refractivity contribution in [3.05, 3.63) is 211 Å². The molecule has 4 unspecified atom stereocenters. The van der Waals surface area contributed by atoms with Crippen LogP contribution in [-0.2, 0) is 10.8 Å². The first-order valence-electron chi connectivity index (χ1n) is 23.0. The van der Waals surface area contributed by atoms with Crippen LogP contribution in [0.4, 0.5) is 0 Å². The van der Waals surface area contributed by atoms with Crippen molar-refractivity contribution in [1.82, 2.24) is 15.0 Å². The summed E-state index contributed by atoms with van der Waals surface area (Å²) in [5.41, 5.74) is 11.8. The summed E-state index contributed by atoms with van der Waals surface area (Å²) >= 11 is 0. The van der Waals surface area contributed by atoms with E-state index in [1.165, 1.54) is 86.9 Å². The molecule has 4 atom stereocenters. The van der Waals surface area contributed by atoms with Gasteiger partial charge in [0.25, 0.3) is 0 Å². The summed E-state index contributed by atoms with van der Waals surface area (Å²) in [7, 11) is 0. The lowest BCUT2D eigenvalue weighted by Gasteiger charge is -2.43. The van der Waals surface area contributed by atoms with E-state index in [2.05, 4.69) is 152 Å². The van der Waals surface area contributed by atoms with Gasteiger partial charge in [0.15, 0.2) is 17.5 Å². The molecule has 10 aromatic rings. The number of nitriles is 1. The fourth-order valence-electron chi connectivity index (χ4n) is 13.0. The first-order valence-corrected chi connectivity index (χ1v) is 23.0. The highest BCUT2D eigenvalue weighted by Crippen LogP contribution is 2.72. The number of aromatic nitrogens is 3. The van der Waals surface area contributed by atoms with Crippen molar-refractivity contribution in [2.75, 3.05) is 0 Å². The zero-order valence-electron chi connectivity index (χ0n) is 36.0. The predicted octanol–water partition coefficient (Wildman–Crippen LogP) is 14.9. The average Bonchev–Trinajstić information content (AvgIpc) is 3.77. The van der Waals surface area contributed by atoms with Crippen molar-refractivity contribution < 1.29 is 0 Å². The lowest BCUT2D eigenvalue weighted by atomic mass is 9.61. The van der Waals surface area contributed by atoms with Gasteiger partial charge in [-0.15, -0.1) is 0 Å². The molecular formula is C61H44N4. The van der Waals surface area contributed by atoms with Crippen LogP contribution in [-0.4, -0.2) is 15.0 Å². The van der Waals surface area contributed by atoms with E-state index in [0.717, 1.165) is 33.6 Å². The molecule has 0 amide bonds. The Labute approximate surface area is 379 Å². The van der Waals surface area contributed by atoms with Crippen molar-refractivity contribution in [3.63, 3.8) is 0 Å². The summed E-state index contributed by atoms with van der Waals surface area (Å²) in [6.45, 7) is 0. The van der Waals surface area contributed by atoms with Gasteiger partial charge in [0, 0.05) is 16.7 Å². The second-order valence-electron chi connectivity index (χ2n) is 18.9. The van der Waals surface area contributed by atoms with Gasteiger partial charge >= 0.3 is 0 Å². The third-order valence-corrected chi connectivity index (χ3v) is 15.5. The van der Waals surface area contributed by atoms with Gasteiger partial charge in [0.1, 0.15) is 0 Å². The minimum absolute atomic E-state index is 0.119. The Morgan fingerprint density at radius 3 is 1.51 bits per heavy atom. The molecule has 0 spiro atoms. The summed E-state index contributed by atoms with van der Waals surface area (Å²) in [5.74, 6) is 3.36. The molecule has 4 aliphatic carbocycles. The van der Waals surface area contributed by atoms with E-state index < -0.39 is 0 Å². The fourth-order valence-corrected chi connectivity index (χ4v) is 13.0. The average molecular weight is 833 g/mol. The molecule has 4 nitrogen and oxygen atoms in total. The van der Waals surface area contributed by atoms with Crippen LogP contribution in [0.5, 0.6) is 0 Å². The third kappa shape index (κ3) is 5.92. The fraction of sp³-hybridized carbons (Fsp3) is 0.148. The molecule has 1 aromatic heterocycles. The number of rotatable bonds is 7. The van der Waals surface area contributed by atoms with Gasteiger partial charge in [-0.1, -0.05) is 176 Å². The largest absolute Gasteiger partial charge is 0.208 e. The first-order chi connectivity index (χ1) is 32.1. The molecule has 4 heteroatoms. The number of benzene rings is 9. The van der Waals surface area contributed by atoms with Crippen molar-refractivity contribution in [2.24, 2.45) is 11.8 Å². The SMILES string of the molecule is N#Cc1ccc(-c2ccc(C34CC5CC3CC(c3ccc(-c6ccc(-c7nc(-c8ccccc8)nc(-c8ccccc8)n7)c7ccccc67)c6ccccc36)(C5)C4)c3ccccc23)cc1. The Morgan fingerprint density at radius 2 is 0.877 bits per heavy atom. The van der Waals surface area contributed by atoms with Crippen LogP contribution in [0.15, 0.2) is 194 Å². The Hall–Kier alpha value is -7.74. The number of hydrogen-bond donors (Lipinski definition) is 0. The van der Waals surface area contributed by atoms with Gasteiger partial charge in [-0.05, 0) is 139 Å². The van der Waals surface area contributed by atoms with Gasteiger partial charge in [-0.25, -0.2) is 15.0 Å². The molecule has 308 valence electrons. The van der Waals surface area contributed by atoms with Gasteiger partial charge < -0.3 is 0 Å². The molecule has 0 aliphatic heterocycles. The standard InChI is InChI=1S/C61H44N4/c62-37-39-23-25-41(26-24-39)45-29-32-56(53-22-12-9-17-46(45)53)61-35-40-33-44(61)36-60(34-40,38-61)55-31-30-51(48-19-10-11-21-52(48)55)50-27-28-54(49-20-8-7-18-47(49)50)59-64-57(42-13-3-1-4-14-42)63-58(65-59)43-15-5-2-6-16-43/h1-32,40,44H,33-36,38H2. The minimum Gasteiger partial charge on any atom is -0.208 e. The van der Waals surface area contributed by atoms with Gasteiger partial charge in [0.2, 0.25) is 0 Å². The lowest BCUT2D eigenvalue weighted by Crippen LogP contribution is -2.35. The highest BCUT2D eigenvalue weighted by atomic mass is 15.0. The molecule has 9 aromatic carbocycles. The maximum atomic E-state index is 9.47. The van der Waals surface area contributed by atoms with Crippen LogP contribution < -0.4 is 0 Å². The van der Waals surface area contributed by atoms with Crippen molar-refractivity contribution >= 4 is 32.3 Å². The van der Waals surface area contributed by atoms with Crippen LogP contribution in [0.25, 0.3) is 88.7 Å². The zero-order valence-corrected chi connectivity index (χ0v) is 36.0. The van der Waals surface area contributed by atoms with Crippen molar-refractivity contribution in [1.29, 1.82) is 5.26 Å². The van der Waals surface area contributed by atoms with Crippen LogP contribution >= 0.6 is 0 Å². The molecule has 14 rings (SSSR count). The van der Waals surface area contributed by atoms with E-state index in [-0.39, 0.29) is 10.8 Å². The molecule has 4 bridgehead atoms. The Bertz CT molecular complexity index is 3500. The second-order valence-corrected chi connectivity index (χ2v) is 18.9. The van der Waals surface area contributed by atoms with E-state index in [0.29, 0.717) is 29.0 Å². The van der Waals surface area contributed by atoms with Crippen LogP contribution in [0, 0.1) is 23.2 Å².